The third-order valence-corrected chi connectivity index (χ3v) is 5.39. The summed E-state index contributed by atoms with van der Waals surface area (Å²) in [6.45, 7) is 1.89. The number of nitrogens with zero attached hydrogens (tertiary/aromatic N) is 3. The zero-order chi connectivity index (χ0) is 23.8. The van der Waals surface area contributed by atoms with Gasteiger partial charge in [0, 0.05) is 37.6 Å². The molecular formula is C26H28N4O4. The number of benzene rings is 2. The Kier molecular flexibility index (Phi) is 7.72. The summed E-state index contributed by atoms with van der Waals surface area (Å²) >= 11 is 0. The van der Waals surface area contributed by atoms with Crippen molar-refractivity contribution >= 4 is 22.6 Å². The average molecular weight is 461 g/mol. The molecule has 0 saturated heterocycles. The van der Waals surface area contributed by atoms with Gasteiger partial charge in [-0.2, -0.15) is 0 Å². The lowest BCUT2D eigenvalue weighted by Gasteiger charge is -2.24. The molecule has 0 saturated carbocycles. The number of hydrogen-bond donors (Lipinski definition) is 1. The predicted octanol–water partition coefficient (Wildman–Crippen LogP) is 4.06. The first-order chi connectivity index (χ1) is 16.7. The van der Waals surface area contributed by atoms with Crippen LogP contribution in [0.4, 0.5) is 5.82 Å². The molecule has 0 aliphatic rings. The molecule has 8 nitrogen and oxygen atoms in total. The van der Waals surface area contributed by atoms with Gasteiger partial charge in [0.2, 0.25) is 5.91 Å². The first-order valence-electron chi connectivity index (χ1n) is 11.1. The molecular weight excluding hydrogens is 432 g/mol. The Hall–Kier alpha value is -3.91. The van der Waals surface area contributed by atoms with Crippen LogP contribution in [0, 0.1) is 0 Å². The van der Waals surface area contributed by atoms with E-state index in [1.165, 1.54) is 0 Å². The van der Waals surface area contributed by atoms with E-state index in [0.29, 0.717) is 38.5 Å². The van der Waals surface area contributed by atoms with Crippen molar-refractivity contribution in [3.63, 3.8) is 0 Å². The molecule has 0 radical (unpaired) electrons. The number of fused-ring (bicyclic) bond motifs is 1. The van der Waals surface area contributed by atoms with Gasteiger partial charge in [0.1, 0.15) is 17.3 Å². The van der Waals surface area contributed by atoms with Crippen LogP contribution < -0.4 is 15.0 Å². The van der Waals surface area contributed by atoms with Gasteiger partial charge >= 0.3 is 0 Å². The van der Waals surface area contributed by atoms with Crippen LogP contribution in [0.3, 0.4) is 0 Å². The molecule has 0 unspecified atom stereocenters. The van der Waals surface area contributed by atoms with Gasteiger partial charge in [0.15, 0.2) is 5.82 Å². The van der Waals surface area contributed by atoms with Crippen molar-refractivity contribution in [3.05, 3.63) is 72.7 Å². The zero-order valence-electron chi connectivity index (χ0n) is 19.4. The highest BCUT2D eigenvalue weighted by Gasteiger charge is 2.18. The summed E-state index contributed by atoms with van der Waals surface area (Å²) in [6, 6.07) is 19.3. The fraction of sp³-hybridized carbons (Fsp3) is 0.269. The monoisotopic (exact) mass is 460 g/mol. The van der Waals surface area contributed by atoms with Crippen molar-refractivity contribution < 1.29 is 18.7 Å². The Morgan fingerprint density at radius 1 is 1.03 bits per heavy atom. The third kappa shape index (κ3) is 5.71. The number of aromatic nitrogens is 2. The van der Waals surface area contributed by atoms with E-state index < -0.39 is 0 Å². The minimum Gasteiger partial charge on any atom is -0.497 e. The Morgan fingerprint density at radius 3 is 2.59 bits per heavy atom. The molecule has 34 heavy (non-hydrogen) atoms. The summed E-state index contributed by atoms with van der Waals surface area (Å²) in [5, 5.41) is 3.78. The SMILES string of the molecule is COCCNC(=O)CCN(Cc1ccco1)c1nc(-c2ccc(OC)cc2)nc2ccccc12. The van der Waals surface area contributed by atoms with Crippen LogP contribution >= 0.6 is 0 Å². The summed E-state index contributed by atoms with van der Waals surface area (Å²) in [5.41, 5.74) is 1.70. The molecule has 0 aliphatic carbocycles. The van der Waals surface area contributed by atoms with Crippen molar-refractivity contribution in [1.29, 1.82) is 0 Å². The highest BCUT2D eigenvalue weighted by molar-refractivity contribution is 5.91. The van der Waals surface area contributed by atoms with Gasteiger partial charge < -0.3 is 24.1 Å². The molecule has 0 bridgehead atoms. The van der Waals surface area contributed by atoms with E-state index in [0.717, 1.165) is 33.8 Å². The van der Waals surface area contributed by atoms with Crippen molar-refractivity contribution in [2.24, 2.45) is 0 Å². The van der Waals surface area contributed by atoms with E-state index in [1.54, 1.807) is 20.5 Å². The van der Waals surface area contributed by atoms with Crippen molar-refractivity contribution in [1.82, 2.24) is 15.3 Å². The van der Waals surface area contributed by atoms with E-state index in [9.17, 15) is 4.79 Å². The maximum atomic E-state index is 12.4. The number of rotatable bonds is 11. The first-order valence-corrected chi connectivity index (χ1v) is 11.1. The summed E-state index contributed by atoms with van der Waals surface area (Å²) < 4.78 is 15.9. The van der Waals surface area contributed by atoms with Gasteiger partial charge in [0.05, 0.1) is 32.0 Å². The molecule has 0 atom stereocenters. The Morgan fingerprint density at radius 2 is 1.85 bits per heavy atom. The topological polar surface area (TPSA) is 89.7 Å². The number of anilines is 1. The molecule has 0 aliphatic heterocycles. The second-order valence-electron chi connectivity index (χ2n) is 7.71. The molecule has 176 valence electrons. The number of furan rings is 1. The summed E-state index contributed by atoms with van der Waals surface area (Å²) in [6.07, 6.45) is 1.95. The van der Waals surface area contributed by atoms with Crippen molar-refractivity contribution in [3.8, 4) is 17.1 Å². The van der Waals surface area contributed by atoms with Gasteiger partial charge in [-0.05, 0) is 48.5 Å². The molecule has 8 heteroatoms. The van der Waals surface area contributed by atoms with Crippen molar-refractivity contribution in [2.45, 2.75) is 13.0 Å². The fourth-order valence-corrected chi connectivity index (χ4v) is 3.64. The van der Waals surface area contributed by atoms with Gasteiger partial charge in [-0.25, -0.2) is 9.97 Å². The quantitative estimate of drug-likeness (QED) is 0.338. The minimum atomic E-state index is -0.0461. The molecule has 2 heterocycles. The van der Waals surface area contributed by atoms with Gasteiger partial charge in [-0.15, -0.1) is 0 Å². The Labute approximate surface area is 198 Å². The third-order valence-electron chi connectivity index (χ3n) is 5.39. The largest absolute Gasteiger partial charge is 0.497 e. The molecule has 1 N–H and O–H groups in total. The Bertz CT molecular complexity index is 1210. The lowest BCUT2D eigenvalue weighted by molar-refractivity contribution is -0.121. The van der Waals surface area contributed by atoms with Crippen molar-refractivity contribution in [2.75, 3.05) is 38.8 Å². The van der Waals surface area contributed by atoms with E-state index in [4.69, 9.17) is 23.9 Å². The van der Waals surface area contributed by atoms with Gasteiger partial charge in [0.25, 0.3) is 0 Å². The van der Waals surface area contributed by atoms with Crippen LogP contribution in [0.1, 0.15) is 12.2 Å². The molecule has 4 aromatic rings. The lowest BCUT2D eigenvalue weighted by atomic mass is 10.1. The molecule has 0 fully saturated rings. The predicted molar refractivity (Wildman–Crippen MR) is 131 cm³/mol. The maximum Gasteiger partial charge on any atom is 0.221 e. The van der Waals surface area contributed by atoms with Gasteiger partial charge in [-0.1, -0.05) is 12.1 Å². The van der Waals surface area contributed by atoms with Crippen LogP contribution in [0.25, 0.3) is 22.3 Å². The standard InChI is InChI=1S/C26H28N4O4/c1-32-17-14-27-24(31)13-15-30(18-21-6-5-16-34-21)26-22-7-3-4-8-23(22)28-25(29-26)19-9-11-20(33-2)12-10-19/h3-12,16H,13-15,17-18H2,1-2H3,(H,27,31). The Balaban J connectivity index is 1.69. The van der Waals surface area contributed by atoms with E-state index in [1.807, 2.05) is 60.7 Å². The highest BCUT2D eigenvalue weighted by Crippen LogP contribution is 2.29. The summed E-state index contributed by atoms with van der Waals surface area (Å²) in [7, 11) is 3.25. The second-order valence-corrected chi connectivity index (χ2v) is 7.71. The van der Waals surface area contributed by atoms with E-state index in [2.05, 4.69) is 10.2 Å². The number of para-hydroxylation sites is 1. The highest BCUT2D eigenvalue weighted by atomic mass is 16.5. The first kappa shape index (κ1) is 23.3. The van der Waals surface area contributed by atoms with Crippen LogP contribution in [-0.2, 0) is 16.1 Å². The second kappa shape index (κ2) is 11.3. The normalized spacial score (nSPS) is 10.9. The number of amides is 1. The molecule has 2 aromatic carbocycles. The van der Waals surface area contributed by atoms with Crippen LogP contribution in [0.15, 0.2) is 71.3 Å². The fourth-order valence-electron chi connectivity index (χ4n) is 3.64. The number of methoxy groups -OCH3 is 2. The number of carbonyl (C=O) groups excluding carboxylic acids is 1. The summed E-state index contributed by atoms with van der Waals surface area (Å²) in [4.78, 5) is 24.2. The molecule has 0 spiro atoms. The number of nitrogens with one attached hydrogen (secondary N) is 1. The smallest absolute Gasteiger partial charge is 0.221 e. The summed E-state index contributed by atoms with van der Waals surface area (Å²) in [5.74, 6) is 2.86. The van der Waals surface area contributed by atoms with E-state index in [-0.39, 0.29) is 5.91 Å². The lowest BCUT2D eigenvalue weighted by Crippen LogP contribution is -2.32. The molecule has 2 aromatic heterocycles. The van der Waals surface area contributed by atoms with Gasteiger partial charge in [-0.3, -0.25) is 4.79 Å². The minimum absolute atomic E-state index is 0.0461. The van der Waals surface area contributed by atoms with Crippen LogP contribution in [0.2, 0.25) is 0 Å². The molecule has 4 rings (SSSR count). The van der Waals surface area contributed by atoms with Crippen LogP contribution in [0.5, 0.6) is 5.75 Å². The van der Waals surface area contributed by atoms with E-state index >= 15 is 0 Å². The number of hydrogen-bond acceptors (Lipinski definition) is 7. The van der Waals surface area contributed by atoms with Crippen LogP contribution in [-0.4, -0.2) is 49.8 Å². The number of carbonyl (C=O) groups is 1. The zero-order valence-corrected chi connectivity index (χ0v) is 19.4. The average Bonchev–Trinajstić information content (AvgIpc) is 3.39. The molecule has 1 amide bonds. The number of ether oxygens (including phenoxy) is 2. The maximum absolute atomic E-state index is 12.4.